The van der Waals surface area contributed by atoms with Gasteiger partial charge in [-0.1, -0.05) is 165 Å². The Hall–Kier alpha value is -4.26. The Morgan fingerprint density at radius 2 is 0.980 bits per heavy atom. The van der Waals surface area contributed by atoms with Crippen LogP contribution in [0.1, 0.15) is 30.9 Å². The topological polar surface area (TPSA) is 0 Å². The Kier molecular flexibility index (Phi) is 11.0. The molecule has 0 aliphatic heterocycles. The van der Waals surface area contributed by atoms with Crippen LogP contribution in [0.3, 0.4) is 0 Å². The zero-order valence-corrected chi connectivity index (χ0v) is 33.0. The van der Waals surface area contributed by atoms with Crippen LogP contribution in [0.5, 0.6) is 0 Å². The van der Waals surface area contributed by atoms with Crippen molar-refractivity contribution in [2.45, 2.75) is 26.7 Å². The van der Waals surface area contributed by atoms with Gasteiger partial charge in [0.2, 0.25) is 0 Å². The van der Waals surface area contributed by atoms with Crippen LogP contribution < -0.4 is 0 Å². The van der Waals surface area contributed by atoms with Crippen LogP contribution in [0.4, 0.5) is 0 Å². The second-order valence-corrected chi connectivity index (χ2v) is 17.0. The minimum atomic E-state index is -0.826. The first-order valence-corrected chi connectivity index (χ1v) is 23.7. The first-order valence-electron chi connectivity index (χ1n) is 17.3. The molecule has 0 bridgehead atoms. The molecule has 0 radical (unpaired) electrons. The number of aryl methyl sites for hydroxylation is 1. The third-order valence-electron chi connectivity index (χ3n) is 9.67. The molecule has 0 aromatic heterocycles. The summed E-state index contributed by atoms with van der Waals surface area (Å²) in [6.45, 7) is 6.68. The van der Waals surface area contributed by atoms with Crippen molar-refractivity contribution in [1.82, 2.24) is 0 Å². The zero-order valence-electron chi connectivity index (χ0n) is 29.0. The summed E-state index contributed by atoms with van der Waals surface area (Å²) in [5, 5.41) is 10.5. The molecule has 0 saturated heterocycles. The molecule has 51 heavy (non-hydrogen) atoms. The quantitative estimate of drug-likeness (QED) is 0.156. The number of hydrogen-bond donors (Lipinski definition) is 0. The average molecular weight is 777 g/mol. The van der Waals surface area contributed by atoms with E-state index in [0.29, 0.717) is 5.92 Å². The molecule has 3 heteroatoms. The van der Waals surface area contributed by atoms with Crippen molar-refractivity contribution in [3.05, 3.63) is 181 Å². The summed E-state index contributed by atoms with van der Waals surface area (Å²) < 4.78 is 0. The molecule has 248 valence electrons. The second kappa shape index (κ2) is 16.0. The fourth-order valence-corrected chi connectivity index (χ4v) is 7.25. The van der Waals surface area contributed by atoms with Crippen LogP contribution in [0.25, 0.3) is 76.5 Å². The summed E-state index contributed by atoms with van der Waals surface area (Å²) in [6, 6.07) is 61.7. The number of hydrogen-bond acceptors (Lipinski definition) is 0. The van der Waals surface area contributed by atoms with E-state index in [1.165, 1.54) is 87.6 Å². The normalized spacial score (nSPS) is 10.9. The van der Waals surface area contributed by atoms with Gasteiger partial charge in [0.25, 0.3) is 0 Å². The number of halogens is 2. The van der Waals surface area contributed by atoms with Crippen molar-refractivity contribution in [1.29, 1.82) is 0 Å². The van der Waals surface area contributed by atoms with Crippen molar-refractivity contribution >= 4 is 60.1 Å². The third-order valence-corrected chi connectivity index (χ3v) is 9.67. The summed E-state index contributed by atoms with van der Waals surface area (Å²) in [4.78, 5) is 0. The maximum absolute atomic E-state index is 4.93. The molecule has 0 aliphatic carbocycles. The first kappa shape index (κ1) is 35.2. The van der Waals surface area contributed by atoms with E-state index in [2.05, 4.69) is 191 Å². The molecule has 0 atom stereocenters. The van der Waals surface area contributed by atoms with Gasteiger partial charge in [-0.05, 0) is 44.2 Å². The Morgan fingerprint density at radius 1 is 0.451 bits per heavy atom. The molecular formula is C48H38Cl2Zr. The molecule has 0 aliphatic rings. The summed E-state index contributed by atoms with van der Waals surface area (Å²) >= 11 is -0.826. The molecule has 0 unspecified atom stereocenters. The summed E-state index contributed by atoms with van der Waals surface area (Å²) in [6.07, 6.45) is 0. The van der Waals surface area contributed by atoms with E-state index >= 15 is 0 Å². The van der Waals surface area contributed by atoms with Gasteiger partial charge in [0.1, 0.15) is 0 Å². The van der Waals surface area contributed by atoms with Crippen molar-refractivity contribution in [2.75, 3.05) is 0 Å². The Labute approximate surface area is 319 Å². The van der Waals surface area contributed by atoms with Crippen LogP contribution >= 0.6 is 17.0 Å². The summed E-state index contributed by atoms with van der Waals surface area (Å²) in [5.41, 5.74) is 10.5. The zero-order chi connectivity index (χ0) is 35.3. The third kappa shape index (κ3) is 7.54. The van der Waals surface area contributed by atoms with Gasteiger partial charge >= 0.3 is 37.9 Å². The van der Waals surface area contributed by atoms with Gasteiger partial charge in [-0.25, -0.2) is 0 Å². The molecule has 0 saturated carbocycles. The average Bonchev–Trinajstić information content (AvgIpc) is 3.78. The Bertz CT molecular complexity index is 2560. The molecule has 9 aromatic rings. The molecule has 0 amide bonds. The van der Waals surface area contributed by atoms with E-state index in [9.17, 15) is 0 Å². The number of fused-ring (bicyclic) bond motifs is 4. The molecule has 9 aromatic carbocycles. The van der Waals surface area contributed by atoms with Gasteiger partial charge in [0.05, 0.1) is 0 Å². The first-order chi connectivity index (χ1) is 24.9. The van der Waals surface area contributed by atoms with Crippen LogP contribution in [-0.2, 0) is 20.8 Å². The molecular weight excluding hydrogens is 739 g/mol. The maximum atomic E-state index is 4.93. The van der Waals surface area contributed by atoms with Crippen LogP contribution in [0.2, 0.25) is 0 Å². The predicted octanol–water partition coefficient (Wildman–Crippen LogP) is 15.2. The molecule has 0 N–H and O–H groups in total. The monoisotopic (exact) mass is 774 g/mol. The fourth-order valence-electron chi connectivity index (χ4n) is 7.25. The molecule has 0 nitrogen and oxygen atoms in total. The molecule has 9 rings (SSSR count). The standard InChI is InChI=1S/C30H21.C18H17.2ClH.Zr/c1-20-16-23-18-24(27-14-6-10-21-8-2-4-12-25(21)27)19-30(29(23)17-20)28-15-7-11-22-9-3-5-13-26(22)28;1-13(2)16-11-15-9-6-10-17(18(15)12-16)14-7-4-3-5-8-14;;;/h2-19H,1H3;3-13H,1-2H3;2*1H;/q2*-1;;;+4/p-2. The number of rotatable bonds is 4. The van der Waals surface area contributed by atoms with E-state index in [4.69, 9.17) is 17.0 Å². The van der Waals surface area contributed by atoms with Crippen LogP contribution in [0.15, 0.2) is 170 Å². The Morgan fingerprint density at radius 3 is 1.65 bits per heavy atom. The van der Waals surface area contributed by atoms with E-state index in [1.54, 1.807) is 0 Å². The van der Waals surface area contributed by atoms with Gasteiger partial charge in [0.15, 0.2) is 0 Å². The Balaban J connectivity index is 0.000000165. The van der Waals surface area contributed by atoms with Gasteiger partial charge in [-0.2, -0.15) is 12.1 Å². The number of benzene rings is 7. The fraction of sp³-hybridized carbons (Fsp3) is 0.0833. The van der Waals surface area contributed by atoms with Crippen molar-refractivity contribution in [3.8, 4) is 33.4 Å². The van der Waals surface area contributed by atoms with E-state index in [1.807, 2.05) is 0 Å². The molecule has 0 heterocycles. The van der Waals surface area contributed by atoms with Crippen molar-refractivity contribution in [2.24, 2.45) is 0 Å². The second-order valence-electron chi connectivity index (χ2n) is 13.3. The molecule has 0 fully saturated rings. The van der Waals surface area contributed by atoms with Crippen molar-refractivity contribution < 1.29 is 20.8 Å². The predicted molar refractivity (Wildman–Crippen MR) is 221 cm³/mol. The van der Waals surface area contributed by atoms with Gasteiger partial charge in [0, 0.05) is 0 Å². The van der Waals surface area contributed by atoms with E-state index < -0.39 is 20.8 Å². The van der Waals surface area contributed by atoms with Crippen LogP contribution in [0, 0.1) is 6.92 Å². The minimum absolute atomic E-state index is 0.584. The van der Waals surface area contributed by atoms with Gasteiger partial charge in [-0.3, -0.25) is 0 Å². The summed E-state index contributed by atoms with van der Waals surface area (Å²) in [5.74, 6) is 0.584. The SMILES string of the molecule is CC(C)c1cc2c(-c3ccccc3)cccc2[cH-]1.Cc1cc2c(-c3cccc4ccccc34)cc(-c3cccc4ccccc34)cc2[cH-]1.[Cl][Zr+2][Cl]. The van der Waals surface area contributed by atoms with Gasteiger partial charge in [-0.15, -0.1) is 63.0 Å². The van der Waals surface area contributed by atoms with Crippen molar-refractivity contribution in [3.63, 3.8) is 0 Å². The van der Waals surface area contributed by atoms with Crippen LogP contribution in [-0.4, -0.2) is 0 Å². The van der Waals surface area contributed by atoms with Gasteiger partial charge < -0.3 is 0 Å². The van der Waals surface area contributed by atoms with E-state index in [-0.39, 0.29) is 0 Å². The summed E-state index contributed by atoms with van der Waals surface area (Å²) in [7, 11) is 9.87. The van der Waals surface area contributed by atoms with E-state index in [0.717, 1.165) is 0 Å². The molecule has 0 spiro atoms.